The fourth-order valence-corrected chi connectivity index (χ4v) is 2.12. The first-order valence-electron chi connectivity index (χ1n) is 7.52. The van der Waals surface area contributed by atoms with Crippen molar-refractivity contribution in [2.24, 2.45) is 4.99 Å². The van der Waals surface area contributed by atoms with Crippen LogP contribution in [0.15, 0.2) is 47.6 Å². The first kappa shape index (κ1) is 18.6. The van der Waals surface area contributed by atoms with Crippen molar-refractivity contribution in [2.75, 3.05) is 14.2 Å². The minimum Gasteiger partial charge on any atom is -0.481 e. The van der Waals surface area contributed by atoms with Gasteiger partial charge in [0.05, 0.1) is 12.7 Å². The predicted molar refractivity (Wildman–Crippen MR) is 89.3 cm³/mol. The molecule has 2 aromatic rings. The van der Waals surface area contributed by atoms with Crippen molar-refractivity contribution in [1.29, 1.82) is 0 Å². The summed E-state index contributed by atoms with van der Waals surface area (Å²) in [7, 11) is 3.13. The molecule has 0 saturated heterocycles. The van der Waals surface area contributed by atoms with Crippen molar-refractivity contribution in [3.63, 3.8) is 0 Å². The van der Waals surface area contributed by atoms with Crippen LogP contribution >= 0.6 is 0 Å². The average molecular weight is 352 g/mol. The van der Waals surface area contributed by atoms with E-state index in [0.717, 1.165) is 17.7 Å². The molecule has 2 N–H and O–H groups in total. The van der Waals surface area contributed by atoms with Crippen LogP contribution in [0.2, 0.25) is 0 Å². The van der Waals surface area contributed by atoms with Crippen molar-refractivity contribution >= 4 is 5.96 Å². The van der Waals surface area contributed by atoms with Crippen molar-refractivity contribution < 1.29 is 17.9 Å². The van der Waals surface area contributed by atoms with E-state index in [4.69, 9.17) is 4.74 Å². The third-order valence-electron chi connectivity index (χ3n) is 3.41. The molecule has 0 fully saturated rings. The number of ether oxygens (including phenoxy) is 1. The maximum Gasteiger partial charge on any atom is 0.416 e. The molecule has 0 saturated carbocycles. The summed E-state index contributed by atoms with van der Waals surface area (Å²) in [6.07, 6.45) is -2.72. The molecule has 5 nitrogen and oxygen atoms in total. The summed E-state index contributed by atoms with van der Waals surface area (Å²) in [4.78, 5) is 8.08. The third-order valence-corrected chi connectivity index (χ3v) is 3.41. The zero-order valence-corrected chi connectivity index (χ0v) is 13.9. The fourth-order valence-electron chi connectivity index (χ4n) is 2.12. The fraction of sp³-hybridized carbons (Fsp3) is 0.294. The molecular formula is C17H19F3N4O. The first-order chi connectivity index (χ1) is 11.9. The average Bonchev–Trinajstić information content (AvgIpc) is 2.61. The van der Waals surface area contributed by atoms with Gasteiger partial charge in [0, 0.05) is 32.4 Å². The van der Waals surface area contributed by atoms with Gasteiger partial charge in [-0.15, -0.1) is 0 Å². The van der Waals surface area contributed by atoms with Crippen LogP contribution in [0, 0.1) is 0 Å². The van der Waals surface area contributed by atoms with E-state index in [1.54, 1.807) is 25.4 Å². The summed E-state index contributed by atoms with van der Waals surface area (Å²) in [5.41, 5.74) is 0.788. The van der Waals surface area contributed by atoms with E-state index < -0.39 is 11.7 Å². The standard InChI is InChI=1S/C17H19F3N4O/c1-21-16(24-11-13-6-7-22-15(9-13)25-2)23-10-12-4-3-5-14(8-12)17(18,19)20/h3-9H,10-11H2,1-2H3,(H2,21,23,24). The van der Waals surface area contributed by atoms with E-state index in [9.17, 15) is 13.2 Å². The lowest BCUT2D eigenvalue weighted by atomic mass is 10.1. The van der Waals surface area contributed by atoms with Crippen molar-refractivity contribution in [3.05, 3.63) is 59.3 Å². The maximum absolute atomic E-state index is 12.7. The highest BCUT2D eigenvalue weighted by Gasteiger charge is 2.30. The van der Waals surface area contributed by atoms with E-state index in [1.807, 2.05) is 6.07 Å². The van der Waals surface area contributed by atoms with Gasteiger partial charge in [0.15, 0.2) is 5.96 Å². The molecule has 1 aromatic carbocycles. The number of pyridine rings is 1. The Morgan fingerprint density at radius 2 is 1.80 bits per heavy atom. The number of nitrogens with zero attached hydrogens (tertiary/aromatic N) is 2. The topological polar surface area (TPSA) is 58.5 Å². The molecule has 0 unspecified atom stereocenters. The van der Waals surface area contributed by atoms with Crippen LogP contribution in [0.4, 0.5) is 13.2 Å². The van der Waals surface area contributed by atoms with Crippen LogP contribution in [-0.2, 0) is 19.3 Å². The number of hydrogen-bond donors (Lipinski definition) is 2. The number of guanidine groups is 1. The van der Waals surface area contributed by atoms with E-state index in [-0.39, 0.29) is 6.54 Å². The highest BCUT2D eigenvalue weighted by molar-refractivity contribution is 5.79. The Morgan fingerprint density at radius 1 is 1.12 bits per heavy atom. The van der Waals surface area contributed by atoms with Gasteiger partial charge in [0.25, 0.3) is 0 Å². The Hall–Kier alpha value is -2.77. The highest BCUT2D eigenvalue weighted by Crippen LogP contribution is 2.29. The smallest absolute Gasteiger partial charge is 0.416 e. The molecule has 0 aliphatic rings. The van der Waals surface area contributed by atoms with Gasteiger partial charge >= 0.3 is 6.18 Å². The second-order valence-electron chi connectivity index (χ2n) is 5.18. The van der Waals surface area contributed by atoms with Crippen LogP contribution in [-0.4, -0.2) is 25.1 Å². The molecule has 0 radical (unpaired) electrons. The molecule has 0 spiro atoms. The molecule has 25 heavy (non-hydrogen) atoms. The molecule has 1 heterocycles. The maximum atomic E-state index is 12.7. The molecule has 0 aliphatic heterocycles. The number of halogens is 3. The Morgan fingerprint density at radius 3 is 2.40 bits per heavy atom. The first-order valence-corrected chi connectivity index (χ1v) is 7.52. The van der Waals surface area contributed by atoms with Crippen LogP contribution in [0.1, 0.15) is 16.7 Å². The van der Waals surface area contributed by atoms with Crippen LogP contribution in [0.25, 0.3) is 0 Å². The van der Waals surface area contributed by atoms with Gasteiger partial charge in [-0.3, -0.25) is 4.99 Å². The van der Waals surface area contributed by atoms with Gasteiger partial charge in [-0.1, -0.05) is 12.1 Å². The van der Waals surface area contributed by atoms with Crippen molar-refractivity contribution in [2.45, 2.75) is 19.3 Å². The molecular weight excluding hydrogens is 333 g/mol. The number of benzene rings is 1. The largest absolute Gasteiger partial charge is 0.481 e. The summed E-state index contributed by atoms with van der Waals surface area (Å²) in [6.45, 7) is 0.699. The van der Waals surface area contributed by atoms with Gasteiger partial charge in [-0.25, -0.2) is 4.98 Å². The van der Waals surface area contributed by atoms with Crippen molar-refractivity contribution in [3.8, 4) is 5.88 Å². The Labute approximate surface area is 144 Å². The van der Waals surface area contributed by atoms with Crippen LogP contribution in [0.5, 0.6) is 5.88 Å². The zero-order valence-electron chi connectivity index (χ0n) is 13.9. The summed E-state index contributed by atoms with van der Waals surface area (Å²) >= 11 is 0. The Kier molecular flexibility index (Phi) is 6.21. The predicted octanol–water partition coefficient (Wildman–Crippen LogP) is 2.97. The van der Waals surface area contributed by atoms with Gasteiger partial charge in [-0.2, -0.15) is 13.2 Å². The molecule has 0 bridgehead atoms. The number of aromatic nitrogens is 1. The summed E-state index contributed by atoms with van der Waals surface area (Å²) in [5, 5.41) is 6.07. The van der Waals surface area contributed by atoms with Gasteiger partial charge in [0.2, 0.25) is 5.88 Å². The summed E-state index contributed by atoms with van der Waals surface area (Å²) < 4.78 is 43.2. The molecule has 0 amide bonds. The minimum atomic E-state index is -4.35. The quantitative estimate of drug-likeness (QED) is 0.642. The van der Waals surface area contributed by atoms with Crippen LogP contribution in [0.3, 0.4) is 0 Å². The number of nitrogens with one attached hydrogen (secondary N) is 2. The SMILES string of the molecule is CN=C(NCc1cccc(C(F)(F)F)c1)NCc1ccnc(OC)c1. The summed E-state index contributed by atoms with van der Waals surface area (Å²) in [5.74, 6) is 0.986. The van der Waals surface area contributed by atoms with E-state index in [0.29, 0.717) is 23.9 Å². The summed E-state index contributed by atoms with van der Waals surface area (Å²) in [6, 6.07) is 8.80. The minimum absolute atomic E-state index is 0.225. The van der Waals surface area contributed by atoms with Gasteiger partial charge < -0.3 is 15.4 Å². The molecule has 2 rings (SSSR count). The highest BCUT2D eigenvalue weighted by atomic mass is 19.4. The Balaban J connectivity index is 1.92. The lowest BCUT2D eigenvalue weighted by Gasteiger charge is -2.13. The number of rotatable bonds is 5. The Bertz CT molecular complexity index is 732. The van der Waals surface area contributed by atoms with E-state index in [2.05, 4.69) is 20.6 Å². The van der Waals surface area contributed by atoms with E-state index in [1.165, 1.54) is 13.2 Å². The molecule has 1 aromatic heterocycles. The molecule has 8 heteroatoms. The molecule has 0 atom stereocenters. The van der Waals surface area contributed by atoms with E-state index >= 15 is 0 Å². The van der Waals surface area contributed by atoms with Gasteiger partial charge in [0.1, 0.15) is 0 Å². The van der Waals surface area contributed by atoms with Crippen LogP contribution < -0.4 is 15.4 Å². The second kappa shape index (κ2) is 8.36. The molecule has 134 valence electrons. The second-order valence-corrected chi connectivity index (χ2v) is 5.18. The lowest BCUT2D eigenvalue weighted by Crippen LogP contribution is -2.36. The number of hydrogen-bond acceptors (Lipinski definition) is 3. The molecule has 0 aliphatic carbocycles. The normalized spacial score (nSPS) is 12.0. The third kappa shape index (κ3) is 5.66. The lowest BCUT2D eigenvalue weighted by molar-refractivity contribution is -0.137. The van der Waals surface area contributed by atoms with Gasteiger partial charge in [-0.05, 0) is 29.3 Å². The number of alkyl halides is 3. The van der Waals surface area contributed by atoms with Crippen molar-refractivity contribution in [1.82, 2.24) is 15.6 Å². The monoisotopic (exact) mass is 352 g/mol. The number of aliphatic imine (C=N–C) groups is 1. The zero-order chi connectivity index (χ0) is 18.3. The number of methoxy groups -OCH3 is 1.